The highest BCUT2D eigenvalue weighted by Gasteiger charge is 2.00. The summed E-state index contributed by atoms with van der Waals surface area (Å²) in [6.07, 6.45) is 0. The second kappa shape index (κ2) is 4.51. The normalized spacial score (nSPS) is 9.17. The van der Waals surface area contributed by atoms with Crippen LogP contribution in [0.4, 0.5) is 0 Å². The number of carbonyl (C=O) groups is 1. The number of carbonyl (C=O) groups excluding carboxylic acids is 1. The predicted octanol–water partition coefficient (Wildman–Crippen LogP) is -2.67. The minimum atomic E-state index is 0. The molecule has 0 aliphatic heterocycles. The second-order valence-electron chi connectivity index (χ2n) is 2.29. The third kappa shape index (κ3) is 2.86. The summed E-state index contributed by atoms with van der Waals surface area (Å²) in [5, 5.41) is 12.1. The van der Waals surface area contributed by atoms with Gasteiger partial charge in [0.15, 0.2) is 5.78 Å². The minimum absolute atomic E-state index is 0. The molecule has 68 valence electrons. The number of hydrogen-bond acceptors (Lipinski definition) is 4. The summed E-state index contributed by atoms with van der Waals surface area (Å²) in [4.78, 5) is 11.0. The molecule has 1 rings (SSSR count). The molecule has 12 heavy (non-hydrogen) atoms. The molecule has 0 aliphatic rings. The van der Waals surface area contributed by atoms with Crippen molar-refractivity contribution in [1.82, 2.24) is 9.78 Å². The van der Waals surface area contributed by atoms with Crippen LogP contribution in [0.15, 0.2) is 0 Å². The maximum Gasteiger partial charge on any atom is 0.200 e. The molecule has 0 amide bonds. The van der Waals surface area contributed by atoms with E-state index in [1.165, 1.54) is 22.9 Å². The molecule has 0 radical (unpaired) electrons. The highest BCUT2D eigenvalue weighted by molar-refractivity contribution is 7.08. The van der Waals surface area contributed by atoms with E-state index in [1.807, 2.05) is 6.92 Å². The molecule has 0 atom stereocenters. The van der Waals surface area contributed by atoms with Gasteiger partial charge in [-0.1, -0.05) is 11.3 Å². The smallest absolute Gasteiger partial charge is 0.200 e. The van der Waals surface area contributed by atoms with E-state index < -0.39 is 0 Å². The van der Waals surface area contributed by atoms with Gasteiger partial charge in [-0.15, -0.1) is 0 Å². The number of aromatic nitrogens is 2. The summed E-state index contributed by atoms with van der Waals surface area (Å²) >= 11 is 1.28. The summed E-state index contributed by atoms with van der Waals surface area (Å²) in [6, 6.07) is 0. The van der Waals surface area contributed by atoms with Crippen molar-refractivity contribution >= 4 is 17.1 Å². The Kier molecular flexibility index (Phi) is 4.33. The second-order valence-corrected chi connectivity index (χ2v) is 3.47. The molecule has 1 aromatic rings. The van der Waals surface area contributed by atoms with Crippen molar-refractivity contribution in [2.45, 2.75) is 20.4 Å². The number of nitrogens with one attached hydrogen (secondary N) is 1. The van der Waals surface area contributed by atoms with Crippen LogP contribution >= 0.6 is 11.3 Å². The molecular formula is C6H9BrN3OS-. The van der Waals surface area contributed by atoms with Gasteiger partial charge in [-0.05, 0) is 13.8 Å². The van der Waals surface area contributed by atoms with Gasteiger partial charge in [-0.25, -0.2) is 4.68 Å². The van der Waals surface area contributed by atoms with Crippen LogP contribution in [-0.2, 0) is 11.3 Å². The fourth-order valence-electron chi connectivity index (χ4n) is 0.746. The summed E-state index contributed by atoms with van der Waals surface area (Å²) in [5.74, 6) is 0.0220. The van der Waals surface area contributed by atoms with Gasteiger partial charge in [0, 0.05) is 0 Å². The zero-order valence-electron chi connectivity index (χ0n) is 6.80. The Morgan fingerprint density at radius 3 is 2.67 bits per heavy atom. The summed E-state index contributed by atoms with van der Waals surface area (Å²) in [7, 11) is 0. The molecule has 0 bridgehead atoms. The maximum atomic E-state index is 10.6. The molecule has 0 aromatic carbocycles. The molecular weight excluding hydrogens is 242 g/mol. The molecule has 0 aliphatic carbocycles. The zero-order valence-corrected chi connectivity index (χ0v) is 9.20. The monoisotopic (exact) mass is 250 g/mol. The standard InChI is InChI=1S/C6H9N3OS.BrH/c1-4(10)3-9-6(7)11-5(2)8-9;/h7H,3H2,1-2H3;1H/p-1. The Balaban J connectivity index is 0.00000121. The maximum absolute atomic E-state index is 10.6. The van der Waals surface area contributed by atoms with Crippen LogP contribution in [0, 0.1) is 12.3 Å². The lowest BCUT2D eigenvalue weighted by atomic mass is 10.5. The lowest BCUT2D eigenvalue weighted by Crippen LogP contribution is -3.00. The average molecular weight is 251 g/mol. The van der Waals surface area contributed by atoms with E-state index in [1.54, 1.807) is 0 Å². The van der Waals surface area contributed by atoms with E-state index >= 15 is 0 Å². The van der Waals surface area contributed by atoms with Gasteiger partial charge in [0.2, 0.25) is 4.80 Å². The lowest BCUT2D eigenvalue weighted by molar-refractivity contribution is -0.117. The van der Waals surface area contributed by atoms with Crippen molar-refractivity contribution in [3.05, 3.63) is 9.81 Å². The van der Waals surface area contributed by atoms with Crippen LogP contribution in [0.5, 0.6) is 0 Å². The highest BCUT2D eigenvalue weighted by Crippen LogP contribution is 1.93. The van der Waals surface area contributed by atoms with Crippen molar-refractivity contribution < 1.29 is 21.8 Å². The van der Waals surface area contributed by atoms with Crippen molar-refractivity contribution in [2.75, 3.05) is 0 Å². The topological polar surface area (TPSA) is 58.7 Å². The molecule has 0 spiro atoms. The van der Waals surface area contributed by atoms with Crippen LogP contribution in [0.1, 0.15) is 11.9 Å². The first kappa shape index (κ1) is 11.5. The fourth-order valence-corrected chi connectivity index (χ4v) is 1.38. The molecule has 0 unspecified atom stereocenters. The molecule has 1 heterocycles. The van der Waals surface area contributed by atoms with Crippen molar-refractivity contribution in [3.63, 3.8) is 0 Å². The van der Waals surface area contributed by atoms with Crippen LogP contribution in [0.3, 0.4) is 0 Å². The number of hydrogen-bond donors (Lipinski definition) is 1. The molecule has 0 fully saturated rings. The zero-order chi connectivity index (χ0) is 8.43. The van der Waals surface area contributed by atoms with Gasteiger partial charge < -0.3 is 17.0 Å². The van der Waals surface area contributed by atoms with Gasteiger partial charge in [-0.2, -0.15) is 5.10 Å². The summed E-state index contributed by atoms with van der Waals surface area (Å²) in [6.45, 7) is 3.52. The number of rotatable bonds is 2. The molecule has 4 nitrogen and oxygen atoms in total. The van der Waals surface area contributed by atoms with Gasteiger partial charge in [0.1, 0.15) is 11.6 Å². The van der Waals surface area contributed by atoms with E-state index in [-0.39, 0.29) is 29.3 Å². The van der Waals surface area contributed by atoms with E-state index in [0.717, 1.165) is 5.01 Å². The number of aryl methyl sites for hydroxylation is 1. The average Bonchev–Trinajstić information content (AvgIpc) is 2.09. The van der Waals surface area contributed by atoms with E-state index in [4.69, 9.17) is 5.41 Å². The van der Waals surface area contributed by atoms with Gasteiger partial charge in [-0.3, -0.25) is 10.2 Å². The quantitative estimate of drug-likeness (QED) is 0.623. The minimum Gasteiger partial charge on any atom is -1.00 e. The van der Waals surface area contributed by atoms with Crippen molar-refractivity contribution in [1.29, 1.82) is 5.41 Å². The molecule has 0 saturated heterocycles. The Morgan fingerprint density at radius 1 is 1.75 bits per heavy atom. The van der Waals surface area contributed by atoms with Gasteiger partial charge in [0.05, 0.1) is 0 Å². The predicted molar refractivity (Wildman–Crippen MR) is 41.4 cm³/mol. The summed E-state index contributed by atoms with van der Waals surface area (Å²) < 4.78 is 1.41. The Hall–Kier alpha value is -0.490. The number of nitrogens with zero attached hydrogens (tertiary/aromatic N) is 2. The van der Waals surface area contributed by atoms with Crippen molar-refractivity contribution in [3.8, 4) is 0 Å². The molecule has 1 N–H and O–H groups in total. The Bertz CT molecular complexity index is 330. The number of ketones is 1. The van der Waals surface area contributed by atoms with Gasteiger partial charge >= 0.3 is 0 Å². The van der Waals surface area contributed by atoms with Crippen LogP contribution in [0.2, 0.25) is 0 Å². The number of halogens is 1. The van der Waals surface area contributed by atoms with Crippen LogP contribution in [0.25, 0.3) is 0 Å². The third-order valence-electron chi connectivity index (χ3n) is 1.11. The van der Waals surface area contributed by atoms with Crippen molar-refractivity contribution in [2.24, 2.45) is 0 Å². The van der Waals surface area contributed by atoms with Gasteiger partial charge in [0.25, 0.3) is 0 Å². The first-order valence-corrected chi connectivity index (χ1v) is 4.00. The molecule has 0 saturated carbocycles. The van der Waals surface area contributed by atoms with E-state index in [2.05, 4.69) is 5.10 Å². The highest BCUT2D eigenvalue weighted by atomic mass is 79.9. The Labute approximate surface area is 84.5 Å². The fraction of sp³-hybridized carbons (Fsp3) is 0.500. The largest absolute Gasteiger partial charge is 1.00 e. The first-order chi connectivity index (χ1) is 5.09. The Morgan fingerprint density at radius 2 is 2.33 bits per heavy atom. The lowest BCUT2D eigenvalue weighted by Gasteiger charge is -1.92. The molecule has 1 aromatic heterocycles. The van der Waals surface area contributed by atoms with E-state index in [0.29, 0.717) is 4.80 Å². The van der Waals surface area contributed by atoms with Crippen LogP contribution < -0.4 is 21.8 Å². The first-order valence-electron chi connectivity index (χ1n) is 3.18. The number of Topliss-reactive ketones (excluding diaryl/α,β-unsaturated/α-hetero) is 1. The third-order valence-corrected chi connectivity index (χ3v) is 1.89. The van der Waals surface area contributed by atoms with Crippen LogP contribution in [-0.4, -0.2) is 15.6 Å². The summed E-state index contributed by atoms with van der Waals surface area (Å²) in [5.41, 5.74) is 0. The van der Waals surface area contributed by atoms with E-state index in [9.17, 15) is 4.79 Å². The SMILES string of the molecule is CC(=O)Cn1nc(C)sc1=N.[Br-]. The molecule has 6 heteroatoms.